The quantitative estimate of drug-likeness (QED) is 0.471. The monoisotopic (exact) mass is 342 g/mol. The van der Waals surface area contributed by atoms with E-state index in [4.69, 9.17) is 4.74 Å². The van der Waals surface area contributed by atoms with Crippen LogP contribution in [0.1, 0.15) is 19.3 Å². The van der Waals surface area contributed by atoms with Crippen molar-refractivity contribution in [1.29, 1.82) is 0 Å². The van der Waals surface area contributed by atoms with Crippen molar-refractivity contribution in [3.63, 3.8) is 0 Å². The maximum atomic E-state index is 12.5. The molecule has 0 unspecified atom stereocenters. The van der Waals surface area contributed by atoms with Gasteiger partial charge in [0, 0.05) is 0 Å². The Kier molecular flexibility index (Phi) is 4.81. The van der Waals surface area contributed by atoms with Crippen LogP contribution in [0.2, 0.25) is 0 Å². The molecule has 2 aromatic rings. The van der Waals surface area contributed by atoms with Gasteiger partial charge in [0.25, 0.3) is 0 Å². The SMILES string of the molecule is O=C(C[C@@H]1C=CCC1)Oc1ccc(S(=O)(=O)c2ccccc2)cc1. The summed E-state index contributed by atoms with van der Waals surface area (Å²) >= 11 is 0. The predicted molar refractivity (Wildman–Crippen MR) is 90.5 cm³/mol. The Balaban J connectivity index is 1.69. The molecule has 0 spiro atoms. The summed E-state index contributed by atoms with van der Waals surface area (Å²) in [5.74, 6) is 0.300. The molecule has 1 aliphatic rings. The molecule has 124 valence electrons. The zero-order valence-corrected chi connectivity index (χ0v) is 13.9. The summed E-state index contributed by atoms with van der Waals surface area (Å²) in [7, 11) is -3.55. The van der Waals surface area contributed by atoms with Crippen LogP contribution in [-0.2, 0) is 14.6 Å². The molecular weight excluding hydrogens is 324 g/mol. The van der Waals surface area contributed by atoms with Crippen molar-refractivity contribution in [2.45, 2.75) is 29.1 Å². The van der Waals surface area contributed by atoms with Gasteiger partial charge in [-0.2, -0.15) is 0 Å². The molecule has 4 nitrogen and oxygen atoms in total. The lowest BCUT2D eigenvalue weighted by Gasteiger charge is -2.09. The minimum Gasteiger partial charge on any atom is -0.427 e. The molecule has 0 aromatic heterocycles. The first-order chi connectivity index (χ1) is 11.6. The van der Waals surface area contributed by atoms with Crippen LogP contribution in [0.3, 0.4) is 0 Å². The second-order valence-corrected chi connectivity index (χ2v) is 7.68. The Morgan fingerprint density at radius 2 is 1.67 bits per heavy atom. The molecular formula is C19H18O4S. The molecule has 0 fully saturated rings. The number of hydrogen-bond acceptors (Lipinski definition) is 4. The zero-order chi connectivity index (χ0) is 17.0. The molecule has 1 aliphatic carbocycles. The predicted octanol–water partition coefficient (Wildman–Crippen LogP) is 3.78. The number of rotatable bonds is 5. The largest absolute Gasteiger partial charge is 0.427 e. The molecule has 24 heavy (non-hydrogen) atoms. The van der Waals surface area contributed by atoms with E-state index in [9.17, 15) is 13.2 Å². The van der Waals surface area contributed by atoms with Crippen LogP contribution in [0.25, 0.3) is 0 Å². The topological polar surface area (TPSA) is 60.4 Å². The van der Waals surface area contributed by atoms with E-state index in [1.807, 2.05) is 6.08 Å². The van der Waals surface area contributed by atoms with Crippen LogP contribution < -0.4 is 4.74 Å². The molecule has 5 heteroatoms. The van der Waals surface area contributed by atoms with Gasteiger partial charge in [-0.25, -0.2) is 8.42 Å². The van der Waals surface area contributed by atoms with Gasteiger partial charge < -0.3 is 4.74 Å². The summed E-state index contributed by atoms with van der Waals surface area (Å²) < 4.78 is 30.2. The fraction of sp³-hybridized carbons (Fsp3) is 0.211. The van der Waals surface area contributed by atoms with Crippen molar-refractivity contribution in [2.24, 2.45) is 5.92 Å². The smallest absolute Gasteiger partial charge is 0.311 e. The van der Waals surface area contributed by atoms with Crippen molar-refractivity contribution in [3.05, 3.63) is 66.7 Å². The molecule has 0 saturated heterocycles. The van der Waals surface area contributed by atoms with Crippen molar-refractivity contribution >= 4 is 15.8 Å². The second-order valence-electron chi connectivity index (χ2n) is 5.73. The number of allylic oxidation sites excluding steroid dienone is 2. The lowest BCUT2D eigenvalue weighted by molar-refractivity contribution is -0.135. The Bertz CT molecular complexity index is 837. The Labute approximate surface area is 141 Å². The van der Waals surface area contributed by atoms with E-state index in [-0.39, 0.29) is 21.7 Å². The van der Waals surface area contributed by atoms with Gasteiger partial charge in [-0.05, 0) is 55.2 Å². The second kappa shape index (κ2) is 7.01. The zero-order valence-electron chi connectivity index (χ0n) is 13.1. The summed E-state index contributed by atoms with van der Waals surface area (Å²) in [6.07, 6.45) is 6.44. The van der Waals surface area contributed by atoms with Gasteiger partial charge in [0.1, 0.15) is 5.75 Å². The molecule has 0 heterocycles. The third-order valence-electron chi connectivity index (χ3n) is 3.96. The summed E-state index contributed by atoms with van der Waals surface area (Å²) in [4.78, 5) is 12.3. The molecule has 0 aliphatic heterocycles. The van der Waals surface area contributed by atoms with E-state index in [0.29, 0.717) is 12.2 Å². The van der Waals surface area contributed by atoms with Gasteiger partial charge in [0.05, 0.1) is 16.2 Å². The molecule has 0 radical (unpaired) electrons. The van der Waals surface area contributed by atoms with E-state index in [1.54, 1.807) is 30.3 Å². The van der Waals surface area contributed by atoms with E-state index in [0.717, 1.165) is 12.8 Å². The Morgan fingerprint density at radius 3 is 2.29 bits per heavy atom. The summed E-state index contributed by atoms with van der Waals surface area (Å²) in [5.41, 5.74) is 0. The van der Waals surface area contributed by atoms with Crippen molar-refractivity contribution in [1.82, 2.24) is 0 Å². The summed E-state index contributed by atoms with van der Waals surface area (Å²) in [5, 5.41) is 0. The normalized spacial score (nSPS) is 16.9. The maximum Gasteiger partial charge on any atom is 0.311 e. The number of hydrogen-bond donors (Lipinski definition) is 0. The maximum absolute atomic E-state index is 12.5. The molecule has 0 N–H and O–H groups in total. The highest BCUT2D eigenvalue weighted by Gasteiger charge is 2.18. The first-order valence-electron chi connectivity index (χ1n) is 7.83. The number of benzene rings is 2. The molecule has 1 atom stereocenters. The van der Waals surface area contributed by atoms with Crippen LogP contribution in [0, 0.1) is 5.92 Å². The molecule has 0 bridgehead atoms. The third-order valence-corrected chi connectivity index (χ3v) is 5.75. The van der Waals surface area contributed by atoms with Gasteiger partial charge in [-0.1, -0.05) is 30.4 Å². The minimum atomic E-state index is -3.55. The minimum absolute atomic E-state index is 0.173. The van der Waals surface area contributed by atoms with E-state index in [1.165, 1.54) is 24.3 Å². The molecule has 3 rings (SSSR count). The van der Waals surface area contributed by atoms with Crippen LogP contribution in [0.15, 0.2) is 76.5 Å². The standard InChI is InChI=1S/C19H18O4S/c20-19(14-15-6-4-5-7-15)23-16-10-12-18(13-11-16)24(21,22)17-8-2-1-3-9-17/h1-4,6,8-13,15H,5,7,14H2/t15-/m1/s1. The van der Waals surface area contributed by atoms with Gasteiger partial charge in [-0.3, -0.25) is 4.79 Å². The molecule has 2 aromatic carbocycles. The van der Waals surface area contributed by atoms with E-state index in [2.05, 4.69) is 6.08 Å². The highest BCUT2D eigenvalue weighted by Crippen LogP contribution is 2.24. The van der Waals surface area contributed by atoms with Gasteiger partial charge >= 0.3 is 5.97 Å². The fourth-order valence-corrected chi connectivity index (χ4v) is 3.96. The van der Waals surface area contributed by atoms with Crippen molar-refractivity contribution in [2.75, 3.05) is 0 Å². The highest BCUT2D eigenvalue weighted by molar-refractivity contribution is 7.91. The van der Waals surface area contributed by atoms with E-state index >= 15 is 0 Å². The molecule has 0 amide bonds. The number of carbonyl (C=O) groups excluding carboxylic acids is 1. The number of esters is 1. The van der Waals surface area contributed by atoms with E-state index < -0.39 is 9.84 Å². The average Bonchev–Trinajstić information content (AvgIpc) is 3.09. The summed E-state index contributed by atoms with van der Waals surface area (Å²) in [6.45, 7) is 0. The Hall–Kier alpha value is -2.40. The third kappa shape index (κ3) is 3.74. The average molecular weight is 342 g/mol. The van der Waals surface area contributed by atoms with Gasteiger partial charge in [-0.15, -0.1) is 0 Å². The van der Waals surface area contributed by atoms with Gasteiger partial charge in [0.2, 0.25) is 9.84 Å². The number of ether oxygens (including phenoxy) is 1. The van der Waals surface area contributed by atoms with Crippen LogP contribution in [0.4, 0.5) is 0 Å². The van der Waals surface area contributed by atoms with Gasteiger partial charge in [0.15, 0.2) is 0 Å². The lowest BCUT2D eigenvalue weighted by Crippen LogP contribution is -2.12. The first kappa shape index (κ1) is 16.5. The van der Waals surface area contributed by atoms with Crippen molar-refractivity contribution < 1.29 is 17.9 Å². The van der Waals surface area contributed by atoms with Crippen LogP contribution in [-0.4, -0.2) is 14.4 Å². The fourth-order valence-electron chi connectivity index (χ4n) is 2.68. The van der Waals surface area contributed by atoms with Crippen LogP contribution in [0.5, 0.6) is 5.75 Å². The van der Waals surface area contributed by atoms with Crippen LogP contribution >= 0.6 is 0 Å². The number of sulfone groups is 1. The lowest BCUT2D eigenvalue weighted by atomic mass is 10.1. The Morgan fingerprint density at radius 1 is 1.00 bits per heavy atom. The molecule has 0 saturated carbocycles. The highest BCUT2D eigenvalue weighted by atomic mass is 32.2. The summed E-state index contributed by atoms with van der Waals surface area (Å²) in [6, 6.07) is 14.2. The van der Waals surface area contributed by atoms with Crippen molar-refractivity contribution in [3.8, 4) is 5.75 Å². The number of carbonyl (C=O) groups is 1. The first-order valence-corrected chi connectivity index (χ1v) is 9.31.